The summed E-state index contributed by atoms with van der Waals surface area (Å²) in [5, 5.41) is 7.03. The van der Waals surface area contributed by atoms with E-state index in [1.807, 2.05) is 19.1 Å². The number of halogens is 3. The number of hydrogen-bond donors (Lipinski definition) is 0. The Hall–Kier alpha value is -0.234. The van der Waals surface area contributed by atoms with E-state index in [1.165, 1.54) is 26.9 Å². The van der Waals surface area contributed by atoms with Gasteiger partial charge in [-0.25, -0.2) is 0 Å². The van der Waals surface area contributed by atoms with E-state index in [0.717, 1.165) is 11.8 Å². The van der Waals surface area contributed by atoms with Crippen LogP contribution in [0.15, 0.2) is 54.6 Å². The van der Waals surface area contributed by atoms with Gasteiger partial charge in [0.2, 0.25) is 0 Å². The molecule has 0 heterocycles. The zero-order valence-electron chi connectivity index (χ0n) is 15.9. The minimum Gasteiger partial charge on any atom is -1.00 e. The van der Waals surface area contributed by atoms with Gasteiger partial charge in [-0.3, -0.25) is 4.79 Å². The fraction of sp³-hybridized carbons (Fsp3) is 0.150. The van der Waals surface area contributed by atoms with Gasteiger partial charge in [0.05, 0.1) is 0 Å². The molecule has 4 rings (SSSR count). The van der Waals surface area contributed by atoms with Gasteiger partial charge in [0.15, 0.2) is 0 Å². The zero-order valence-corrected chi connectivity index (χ0v) is 20.2. The molecule has 2 nitrogen and oxygen atoms in total. The Morgan fingerprint density at radius 2 is 1.44 bits per heavy atom. The summed E-state index contributed by atoms with van der Waals surface area (Å²) in [6, 6.07) is 18.7. The molecule has 0 aliphatic rings. The summed E-state index contributed by atoms with van der Waals surface area (Å²) in [4.78, 5) is 11.8. The van der Waals surface area contributed by atoms with Crippen molar-refractivity contribution in [2.45, 2.75) is 19.8 Å². The Labute approximate surface area is 198 Å². The van der Waals surface area contributed by atoms with E-state index in [9.17, 15) is 4.79 Å². The molecule has 0 atom stereocenters. The van der Waals surface area contributed by atoms with Crippen LogP contribution in [0.4, 0.5) is 0 Å². The van der Waals surface area contributed by atoms with Crippen molar-refractivity contribution in [3.8, 4) is 5.75 Å². The molecule has 4 aromatic rings. The number of rotatable bonds is 3. The minimum absolute atomic E-state index is 0. The van der Waals surface area contributed by atoms with Crippen molar-refractivity contribution in [1.29, 1.82) is 0 Å². The molecule has 4 aromatic carbocycles. The second-order valence-electron chi connectivity index (χ2n) is 5.79. The molecule has 0 radical (unpaired) electrons. The molecule has 140 valence electrons. The van der Waals surface area contributed by atoms with Crippen LogP contribution in [0, 0.1) is 0 Å². The quantitative estimate of drug-likeness (QED) is 0.188. The van der Waals surface area contributed by atoms with E-state index in [1.54, 1.807) is 0 Å². The number of ether oxygens (including phenoxy) is 1. The first-order valence-electron chi connectivity index (χ1n) is 8.03. The Morgan fingerprint density at radius 3 is 2.04 bits per heavy atom. The maximum atomic E-state index is 11.8. The number of benzene rings is 4. The Kier molecular flexibility index (Phi) is 8.98. The van der Waals surface area contributed by atoms with Crippen molar-refractivity contribution in [2.75, 3.05) is 0 Å². The molecule has 7 heteroatoms. The summed E-state index contributed by atoms with van der Waals surface area (Å²) < 4.78 is 5.57. The van der Waals surface area contributed by atoms with Crippen LogP contribution in [-0.4, -0.2) is 5.97 Å². The molecule has 0 amide bonds. The maximum absolute atomic E-state index is 11.8. The van der Waals surface area contributed by atoms with Gasteiger partial charge in [0, 0.05) is 17.2 Å². The maximum Gasteiger partial charge on any atom is 1.00 e. The molecular weight excluding hydrogens is 460 g/mol. The molecule has 0 saturated carbocycles. The van der Waals surface area contributed by atoms with E-state index >= 15 is 0 Å². The van der Waals surface area contributed by atoms with Crippen LogP contribution in [-0.2, 0) is 15.7 Å². The Morgan fingerprint density at radius 1 is 0.926 bits per heavy atom. The molecular formula is C20H17Cl3CoNaO2. The van der Waals surface area contributed by atoms with Gasteiger partial charge in [0.25, 0.3) is 0 Å². The summed E-state index contributed by atoms with van der Waals surface area (Å²) in [5.41, 5.74) is 0. The largest absolute Gasteiger partial charge is 1.00 e. The van der Waals surface area contributed by atoms with Gasteiger partial charge in [0.1, 0.15) is 5.75 Å². The van der Waals surface area contributed by atoms with Crippen molar-refractivity contribution in [3.05, 3.63) is 54.6 Å². The van der Waals surface area contributed by atoms with Gasteiger partial charge >= 0.3 is 76.9 Å². The number of hydrogen-bond acceptors (Lipinski definition) is 2. The van der Waals surface area contributed by atoms with Gasteiger partial charge < -0.3 is 6.16 Å². The van der Waals surface area contributed by atoms with Crippen LogP contribution in [0.5, 0.6) is 5.75 Å². The summed E-state index contributed by atoms with van der Waals surface area (Å²) in [6.45, 7) is 1.98. The predicted octanol–water partition coefficient (Wildman–Crippen LogP) is 4.47. The fourth-order valence-corrected chi connectivity index (χ4v) is 3.18. The zero-order chi connectivity index (χ0) is 18.7. The Balaban J connectivity index is 0.000000601. The van der Waals surface area contributed by atoms with Crippen molar-refractivity contribution in [3.63, 3.8) is 0 Å². The molecule has 0 aliphatic heterocycles. The van der Waals surface area contributed by atoms with Crippen LogP contribution in [0.3, 0.4) is 0 Å². The first-order chi connectivity index (χ1) is 12.5. The fourth-order valence-electron chi connectivity index (χ4n) is 3.18. The van der Waals surface area contributed by atoms with E-state index in [2.05, 4.69) is 42.5 Å². The number of carbonyl (C=O) groups excluding carboxylic acids is 1. The van der Waals surface area contributed by atoms with Gasteiger partial charge in [-0.05, 0) is 40.1 Å². The monoisotopic (exact) mass is 476 g/mol. The first-order valence-corrected chi connectivity index (χ1v) is 12.3. The van der Waals surface area contributed by atoms with Crippen molar-refractivity contribution in [2.24, 2.45) is 0 Å². The predicted molar refractivity (Wildman–Crippen MR) is 109 cm³/mol. The third kappa shape index (κ3) is 5.43. The normalized spacial score (nSPS) is 11.0. The molecule has 0 bridgehead atoms. The van der Waals surface area contributed by atoms with Gasteiger partial charge in [-0.1, -0.05) is 49.4 Å². The summed E-state index contributed by atoms with van der Waals surface area (Å²) in [5.74, 6) is 0.488. The topological polar surface area (TPSA) is 26.3 Å². The molecule has 0 aliphatic carbocycles. The van der Waals surface area contributed by atoms with Crippen molar-refractivity contribution in [1.82, 2.24) is 0 Å². The average Bonchev–Trinajstić information content (AvgIpc) is 2.60. The van der Waals surface area contributed by atoms with E-state index in [4.69, 9.17) is 35.2 Å². The smallest absolute Gasteiger partial charge is 1.00 e. The minimum atomic E-state index is -1.19. The van der Waals surface area contributed by atoms with Gasteiger partial charge in [-0.2, -0.15) is 0 Å². The van der Waals surface area contributed by atoms with Gasteiger partial charge in [-0.15, -0.1) is 0 Å². The standard InChI is InChI=1S/C20H16O2.3ClH.Co.Na.H/c1-2-4-18(21)22-17-12-10-15-8-7-13-5-3-6-14-9-11-16(17)20(15)19(13)14;;;;;;/h3,5-12H,2,4H2,1H3;3*1H;;;/q;;;;+3;+1;-1/p-3. The third-order valence-electron chi connectivity index (χ3n) is 4.17. The third-order valence-corrected chi connectivity index (χ3v) is 4.17. The summed E-state index contributed by atoms with van der Waals surface area (Å²) in [7, 11) is 13.4. The molecule has 0 aromatic heterocycles. The molecule has 0 unspecified atom stereocenters. The van der Waals surface area contributed by atoms with Crippen LogP contribution in [0.2, 0.25) is 0 Å². The molecule has 0 N–H and O–H groups in total. The summed E-state index contributed by atoms with van der Waals surface area (Å²) >= 11 is 0. The van der Waals surface area contributed by atoms with Crippen LogP contribution in [0.25, 0.3) is 32.3 Å². The van der Waals surface area contributed by atoms with E-state index < -0.39 is 10.9 Å². The van der Waals surface area contributed by atoms with Crippen LogP contribution in [0.1, 0.15) is 21.2 Å². The number of esters is 1. The van der Waals surface area contributed by atoms with E-state index in [0.29, 0.717) is 12.2 Å². The second kappa shape index (κ2) is 10.5. The molecule has 0 spiro atoms. The average molecular weight is 478 g/mol. The number of carbonyl (C=O) groups is 1. The van der Waals surface area contributed by atoms with Crippen molar-refractivity contribution >= 4 is 68.7 Å². The SMILES string of the molecule is CCCC(=O)Oc1ccc2ccc3cccc4ccc1c2c34.[Cl][Co]([Cl])[Cl].[H-].[Na+]. The first kappa shape index (κ1) is 23.0. The van der Waals surface area contributed by atoms with E-state index in [-0.39, 0.29) is 37.0 Å². The van der Waals surface area contributed by atoms with Crippen LogP contribution < -0.4 is 34.3 Å². The molecule has 27 heavy (non-hydrogen) atoms. The Bertz CT molecular complexity index is 1040. The van der Waals surface area contributed by atoms with Crippen molar-refractivity contribution < 1.29 is 51.5 Å². The molecule has 0 fully saturated rings. The second-order valence-corrected chi connectivity index (χ2v) is 10.9. The summed E-state index contributed by atoms with van der Waals surface area (Å²) in [6.07, 6.45) is 1.24. The van der Waals surface area contributed by atoms with Crippen LogP contribution >= 0.6 is 30.4 Å². The molecule has 0 saturated heterocycles.